The Kier molecular flexibility index (Phi) is 3.93. The molecule has 0 unspecified atom stereocenters. The molecule has 0 fully saturated rings. The standard InChI is InChI=1S/C12H7BrClFN2O/c13-8-5-10(11(14)16-6-8)17-12(18)7-2-1-3-9(15)4-7/h1-6H,(H,17,18). The first-order chi connectivity index (χ1) is 8.56. The van der Waals surface area contributed by atoms with E-state index in [0.717, 1.165) is 6.07 Å². The van der Waals surface area contributed by atoms with Gasteiger partial charge < -0.3 is 5.32 Å². The van der Waals surface area contributed by atoms with Gasteiger partial charge in [-0.25, -0.2) is 9.37 Å². The lowest BCUT2D eigenvalue weighted by Crippen LogP contribution is -2.12. The van der Waals surface area contributed by atoms with E-state index in [1.165, 1.54) is 24.4 Å². The van der Waals surface area contributed by atoms with Crippen molar-refractivity contribution in [2.24, 2.45) is 0 Å². The van der Waals surface area contributed by atoms with Gasteiger partial charge in [0.25, 0.3) is 5.91 Å². The first-order valence-electron chi connectivity index (χ1n) is 4.94. The Bertz CT molecular complexity index is 606. The highest BCUT2D eigenvalue weighted by Crippen LogP contribution is 2.23. The van der Waals surface area contributed by atoms with Crippen molar-refractivity contribution in [3.63, 3.8) is 0 Å². The SMILES string of the molecule is O=C(Nc1cc(Br)cnc1Cl)c1cccc(F)c1. The monoisotopic (exact) mass is 328 g/mol. The van der Waals surface area contributed by atoms with Gasteiger partial charge in [-0.15, -0.1) is 0 Å². The summed E-state index contributed by atoms with van der Waals surface area (Å²) in [4.78, 5) is 15.7. The summed E-state index contributed by atoms with van der Waals surface area (Å²) in [6.07, 6.45) is 1.51. The van der Waals surface area contributed by atoms with Crippen LogP contribution >= 0.6 is 27.5 Å². The first kappa shape index (κ1) is 13.0. The van der Waals surface area contributed by atoms with Gasteiger partial charge in [-0.2, -0.15) is 0 Å². The number of aromatic nitrogens is 1. The van der Waals surface area contributed by atoms with Crippen LogP contribution in [0.25, 0.3) is 0 Å². The number of carbonyl (C=O) groups is 1. The zero-order valence-corrected chi connectivity index (χ0v) is 11.3. The molecular weight excluding hydrogens is 323 g/mol. The molecule has 0 atom stereocenters. The minimum Gasteiger partial charge on any atom is -0.319 e. The van der Waals surface area contributed by atoms with Crippen LogP contribution in [0.2, 0.25) is 5.15 Å². The summed E-state index contributed by atoms with van der Waals surface area (Å²) in [5.74, 6) is -0.919. The fraction of sp³-hybridized carbons (Fsp3) is 0. The lowest BCUT2D eigenvalue weighted by atomic mass is 10.2. The minimum absolute atomic E-state index is 0.169. The van der Waals surface area contributed by atoms with E-state index in [4.69, 9.17) is 11.6 Å². The summed E-state index contributed by atoms with van der Waals surface area (Å²) >= 11 is 9.06. The van der Waals surface area contributed by atoms with Crippen LogP contribution in [-0.2, 0) is 0 Å². The number of hydrogen-bond acceptors (Lipinski definition) is 2. The van der Waals surface area contributed by atoms with Crippen molar-refractivity contribution >= 4 is 39.1 Å². The Morgan fingerprint density at radius 1 is 1.39 bits per heavy atom. The van der Waals surface area contributed by atoms with E-state index in [-0.39, 0.29) is 10.7 Å². The molecule has 6 heteroatoms. The van der Waals surface area contributed by atoms with Crippen LogP contribution in [0.4, 0.5) is 10.1 Å². The van der Waals surface area contributed by atoms with Crippen molar-refractivity contribution in [1.29, 1.82) is 0 Å². The Morgan fingerprint density at radius 2 is 2.17 bits per heavy atom. The van der Waals surface area contributed by atoms with Crippen LogP contribution < -0.4 is 5.32 Å². The number of anilines is 1. The maximum atomic E-state index is 13.0. The van der Waals surface area contributed by atoms with E-state index < -0.39 is 11.7 Å². The maximum absolute atomic E-state index is 13.0. The molecule has 0 aliphatic carbocycles. The minimum atomic E-state index is -0.471. The van der Waals surface area contributed by atoms with Crippen LogP contribution in [0, 0.1) is 5.82 Å². The molecule has 3 nitrogen and oxygen atoms in total. The smallest absolute Gasteiger partial charge is 0.255 e. The third kappa shape index (κ3) is 3.05. The fourth-order valence-electron chi connectivity index (χ4n) is 1.33. The van der Waals surface area contributed by atoms with Crippen molar-refractivity contribution in [2.45, 2.75) is 0 Å². The molecule has 0 bridgehead atoms. The molecular formula is C12H7BrClFN2O. The van der Waals surface area contributed by atoms with Gasteiger partial charge in [0.2, 0.25) is 0 Å². The average Bonchev–Trinajstić information content (AvgIpc) is 2.34. The van der Waals surface area contributed by atoms with Crippen LogP contribution in [-0.4, -0.2) is 10.9 Å². The molecule has 0 spiro atoms. The molecule has 0 saturated heterocycles. The third-order valence-corrected chi connectivity index (χ3v) is 2.88. The maximum Gasteiger partial charge on any atom is 0.255 e. The van der Waals surface area contributed by atoms with Crippen molar-refractivity contribution in [2.75, 3.05) is 5.32 Å². The summed E-state index contributed by atoms with van der Waals surface area (Å²) in [5, 5.41) is 2.73. The fourth-order valence-corrected chi connectivity index (χ4v) is 1.82. The highest BCUT2D eigenvalue weighted by molar-refractivity contribution is 9.10. The predicted molar refractivity (Wildman–Crippen MR) is 71.3 cm³/mol. The second kappa shape index (κ2) is 5.46. The van der Waals surface area contributed by atoms with Gasteiger partial charge in [-0.1, -0.05) is 17.7 Å². The first-order valence-corrected chi connectivity index (χ1v) is 6.11. The second-order valence-corrected chi connectivity index (χ2v) is 4.73. The number of halogens is 3. The number of nitrogens with zero attached hydrogens (tertiary/aromatic N) is 1. The highest BCUT2D eigenvalue weighted by Gasteiger charge is 2.10. The summed E-state index contributed by atoms with van der Waals surface area (Å²) in [6.45, 7) is 0. The molecule has 1 aromatic heterocycles. The van der Waals surface area contributed by atoms with Crippen molar-refractivity contribution in [3.8, 4) is 0 Å². The number of rotatable bonds is 2. The van der Waals surface area contributed by atoms with Gasteiger partial charge in [-0.3, -0.25) is 4.79 Å². The Balaban J connectivity index is 2.24. The molecule has 1 heterocycles. The number of carbonyl (C=O) groups excluding carboxylic acids is 1. The molecule has 1 amide bonds. The summed E-state index contributed by atoms with van der Waals surface area (Å²) in [5.41, 5.74) is 0.575. The van der Waals surface area contributed by atoms with Crippen molar-refractivity contribution in [1.82, 2.24) is 4.98 Å². The number of hydrogen-bond donors (Lipinski definition) is 1. The van der Waals surface area contributed by atoms with Gasteiger partial charge in [0.1, 0.15) is 5.82 Å². The number of benzene rings is 1. The zero-order valence-electron chi connectivity index (χ0n) is 8.95. The van der Waals surface area contributed by atoms with Gasteiger partial charge in [0.15, 0.2) is 5.15 Å². The van der Waals surface area contributed by atoms with E-state index in [9.17, 15) is 9.18 Å². The second-order valence-electron chi connectivity index (χ2n) is 3.46. The molecule has 1 N–H and O–H groups in total. The Hall–Kier alpha value is -1.46. The van der Waals surface area contributed by atoms with Crippen LogP contribution in [0.5, 0.6) is 0 Å². The summed E-state index contributed by atoms with van der Waals surface area (Å²) in [7, 11) is 0. The molecule has 0 aliphatic rings. The molecule has 0 saturated carbocycles. The predicted octanol–water partition coefficient (Wildman–Crippen LogP) is 3.89. The summed E-state index contributed by atoms with van der Waals surface area (Å²) < 4.78 is 13.7. The quantitative estimate of drug-likeness (QED) is 0.849. The average molecular weight is 330 g/mol. The van der Waals surface area contributed by atoms with Gasteiger partial charge >= 0.3 is 0 Å². The van der Waals surface area contributed by atoms with Crippen LogP contribution in [0.1, 0.15) is 10.4 Å². The molecule has 92 valence electrons. The van der Waals surface area contributed by atoms with E-state index in [0.29, 0.717) is 10.2 Å². The topological polar surface area (TPSA) is 42.0 Å². The Morgan fingerprint density at radius 3 is 2.89 bits per heavy atom. The van der Waals surface area contributed by atoms with Gasteiger partial charge in [-0.05, 0) is 40.2 Å². The lowest BCUT2D eigenvalue weighted by Gasteiger charge is -2.07. The van der Waals surface area contributed by atoms with E-state index >= 15 is 0 Å². The summed E-state index contributed by atoms with van der Waals surface area (Å²) in [6, 6.07) is 7.01. The van der Waals surface area contributed by atoms with Crippen molar-refractivity contribution < 1.29 is 9.18 Å². The normalized spacial score (nSPS) is 10.2. The molecule has 0 radical (unpaired) electrons. The van der Waals surface area contributed by atoms with Crippen LogP contribution in [0.3, 0.4) is 0 Å². The van der Waals surface area contributed by atoms with E-state index in [2.05, 4.69) is 26.2 Å². The molecule has 2 aromatic rings. The number of pyridine rings is 1. The highest BCUT2D eigenvalue weighted by atomic mass is 79.9. The number of nitrogens with one attached hydrogen (secondary N) is 1. The van der Waals surface area contributed by atoms with E-state index in [1.54, 1.807) is 6.07 Å². The van der Waals surface area contributed by atoms with E-state index in [1.807, 2.05) is 0 Å². The molecule has 1 aromatic carbocycles. The molecule has 2 rings (SSSR count). The Labute approximate surface area is 116 Å². The van der Waals surface area contributed by atoms with Gasteiger partial charge in [0, 0.05) is 16.2 Å². The zero-order chi connectivity index (χ0) is 13.1. The van der Waals surface area contributed by atoms with Crippen LogP contribution in [0.15, 0.2) is 41.0 Å². The van der Waals surface area contributed by atoms with Crippen molar-refractivity contribution in [3.05, 3.63) is 57.5 Å². The third-order valence-electron chi connectivity index (χ3n) is 2.14. The number of amides is 1. The molecule has 18 heavy (non-hydrogen) atoms. The molecule has 0 aliphatic heterocycles. The largest absolute Gasteiger partial charge is 0.319 e. The van der Waals surface area contributed by atoms with Gasteiger partial charge in [0.05, 0.1) is 5.69 Å². The lowest BCUT2D eigenvalue weighted by molar-refractivity contribution is 0.102.